The highest BCUT2D eigenvalue weighted by Gasteiger charge is 2.04. The smallest absolute Gasteiger partial charge is 0.260 e. The molecule has 6 heteroatoms. The number of nitrogens with zero attached hydrogens (tertiary/aromatic N) is 2. The zero-order valence-electron chi connectivity index (χ0n) is 10.3. The number of benzene rings is 1. The monoisotopic (exact) mass is 256 g/mol. The summed E-state index contributed by atoms with van der Waals surface area (Å²) in [6.45, 7) is 2.27. The minimum absolute atomic E-state index is 0.165. The maximum atomic E-state index is 11.8. The van der Waals surface area contributed by atoms with Crippen molar-refractivity contribution in [1.82, 2.24) is 15.1 Å². The molecule has 2 heterocycles. The highest BCUT2D eigenvalue weighted by atomic mass is 16.5. The molecule has 19 heavy (non-hydrogen) atoms. The Kier molecular flexibility index (Phi) is 2.75. The molecule has 0 aliphatic heterocycles. The first kappa shape index (κ1) is 11.5. The Labute approximate surface area is 108 Å². The Morgan fingerprint density at radius 3 is 3.00 bits per heavy atom. The predicted molar refractivity (Wildman–Crippen MR) is 70.9 cm³/mol. The molecular weight excluding hydrogens is 244 g/mol. The lowest BCUT2D eigenvalue weighted by atomic mass is 10.2. The van der Waals surface area contributed by atoms with E-state index in [1.807, 2.05) is 25.1 Å². The summed E-state index contributed by atoms with van der Waals surface area (Å²) in [5.74, 6) is 1.10. The van der Waals surface area contributed by atoms with Crippen LogP contribution in [-0.4, -0.2) is 15.1 Å². The lowest BCUT2D eigenvalue weighted by molar-refractivity contribution is 0.384. The lowest BCUT2D eigenvalue weighted by Crippen LogP contribution is -2.12. The van der Waals surface area contributed by atoms with E-state index in [-0.39, 0.29) is 5.56 Å². The van der Waals surface area contributed by atoms with Crippen molar-refractivity contribution in [2.45, 2.75) is 13.5 Å². The standard InChI is InChI=1S/C13H12N4O2/c1-8-6-9(19-17-8)7-14-13-15-11-5-3-2-4-10(11)12(18)16-13/h2-6H,7H2,1H3,(H2,14,15,16,18). The molecular formula is C13H12N4O2. The van der Waals surface area contributed by atoms with E-state index in [0.29, 0.717) is 29.2 Å². The van der Waals surface area contributed by atoms with E-state index in [1.165, 1.54) is 0 Å². The van der Waals surface area contributed by atoms with Crippen LogP contribution in [0.5, 0.6) is 0 Å². The van der Waals surface area contributed by atoms with Gasteiger partial charge in [0.25, 0.3) is 5.56 Å². The summed E-state index contributed by atoms with van der Waals surface area (Å²) in [4.78, 5) is 18.9. The van der Waals surface area contributed by atoms with Crippen LogP contribution in [0.2, 0.25) is 0 Å². The molecule has 0 amide bonds. The topological polar surface area (TPSA) is 83.8 Å². The first-order valence-corrected chi connectivity index (χ1v) is 5.87. The molecule has 0 fully saturated rings. The summed E-state index contributed by atoms with van der Waals surface area (Å²) in [5.41, 5.74) is 1.31. The van der Waals surface area contributed by atoms with E-state index >= 15 is 0 Å². The third-order valence-corrected chi connectivity index (χ3v) is 2.72. The van der Waals surface area contributed by atoms with Crippen LogP contribution in [0.25, 0.3) is 10.9 Å². The number of hydrogen-bond acceptors (Lipinski definition) is 5. The second kappa shape index (κ2) is 4.56. The van der Waals surface area contributed by atoms with Crippen LogP contribution in [0.15, 0.2) is 39.6 Å². The largest absolute Gasteiger partial charge is 0.359 e. The minimum atomic E-state index is -0.165. The van der Waals surface area contributed by atoms with Crippen molar-refractivity contribution >= 4 is 16.9 Å². The van der Waals surface area contributed by atoms with Gasteiger partial charge in [-0.3, -0.25) is 9.78 Å². The number of aryl methyl sites for hydroxylation is 1. The van der Waals surface area contributed by atoms with Gasteiger partial charge in [0.15, 0.2) is 5.76 Å². The molecule has 0 saturated heterocycles. The molecule has 96 valence electrons. The zero-order chi connectivity index (χ0) is 13.2. The third-order valence-electron chi connectivity index (χ3n) is 2.72. The SMILES string of the molecule is Cc1cc(CNc2nc3ccccc3c(=O)[nH]2)on1. The van der Waals surface area contributed by atoms with Gasteiger partial charge >= 0.3 is 0 Å². The first-order chi connectivity index (χ1) is 9.22. The van der Waals surface area contributed by atoms with E-state index in [9.17, 15) is 4.79 Å². The third kappa shape index (κ3) is 2.33. The number of aromatic nitrogens is 3. The second-order valence-electron chi connectivity index (χ2n) is 4.22. The number of rotatable bonds is 3. The van der Waals surface area contributed by atoms with Gasteiger partial charge in [0.1, 0.15) is 0 Å². The van der Waals surface area contributed by atoms with Gasteiger partial charge in [-0.1, -0.05) is 17.3 Å². The van der Waals surface area contributed by atoms with Gasteiger partial charge in [0.05, 0.1) is 23.1 Å². The van der Waals surface area contributed by atoms with Crippen molar-refractivity contribution in [2.24, 2.45) is 0 Å². The van der Waals surface area contributed by atoms with Gasteiger partial charge < -0.3 is 9.84 Å². The molecule has 0 atom stereocenters. The van der Waals surface area contributed by atoms with Crippen molar-refractivity contribution < 1.29 is 4.52 Å². The average molecular weight is 256 g/mol. The fourth-order valence-electron chi connectivity index (χ4n) is 1.84. The number of nitrogens with one attached hydrogen (secondary N) is 2. The molecule has 0 bridgehead atoms. The molecule has 0 radical (unpaired) electrons. The predicted octanol–water partition coefficient (Wildman–Crippen LogP) is 1.83. The molecule has 2 N–H and O–H groups in total. The maximum absolute atomic E-state index is 11.8. The minimum Gasteiger partial charge on any atom is -0.359 e. The van der Waals surface area contributed by atoms with Crippen LogP contribution >= 0.6 is 0 Å². The van der Waals surface area contributed by atoms with Gasteiger partial charge in [-0.15, -0.1) is 0 Å². The quantitative estimate of drug-likeness (QED) is 0.747. The van der Waals surface area contributed by atoms with Gasteiger partial charge in [0, 0.05) is 6.07 Å². The number of fused-ring (bicyclic) bond motifs is 1. The Morgan fingerprint density at radius 1 is 1.37 bits per heavy atom. The van der Waals surface area contributed by atoms with E-state index in [2.05, 4.69) is 20.4 Å². The second-order valence-corrected chi connectivity index (χ2v) is 4.22. The van der Waals surface area contributed by atoms with Crippen molar-refractivity contribution in [3.63, 3.8) is 0 Å². The fraction of sp³-hybridized carbons (Fsp3) is 0.154. The summed E-state index contributed by atoms with van der Waals surface area (Å²) in [7, 11) is 0. The van der Waals surface area contributed by atoms with Gasteiger partial charge in [-0.25, -0.2) is 4.98 Å². The molecule has 0 aliphatic carbocycles. The summed E-state index contributed by atoms with van der Waals surface area (Å²) in [5, 5.41) is 7.37. The van der Waals surface area contributed by atoms with E-state index in [0.717, 1.165) is 5.69 Å². The van der Waals surface area contributed by atoms with Crippen LogP contribution < -0.4 is 10.9 Å². The molecule has 0 unspecified atom stereocenters. The van der Waals surface area contributed by atoms with Crippen LogP contribution in [0.3, 0.4) is 0 Å². The summed E-state index contributed by atoms with van der Waals surface area (Å²) in [6.07, 6.45) is 0. The molecule has 0 aliphatic rings. The van der Waals surface area contributed by atoms with Crippen molar-refractivity contribution in [3.8, 4) is 0 Å². The fourth-order valence-corrected chi connectivity index (χ4v) is 1.84. The number of aromatic amines is 1. The highest BCUT2D eigenvalue weighted by molar-refractivity contribution is 5.78. The molecule has 3 aromatic rings. The zero-order valence-corrected chi connectivity index (χ0v) is 10.3. The van der Waals surface area contributed by atoms with Gasteiger partial charge in [-0.05, 0) is 19.1 Å². The van der Waals surface area contributed by atoms with E-state index < -0.39 is 0 Å². The van der Waals surface area contributed by atoms with E-state index in [4.69, 9.17) is 4.52 Å². The highest BCUT2D eigenvalue weighted by Crippen LogP contribution is 2.09. The average Bonchev–Trinajstić information content (AvgIpc) is 2.82. The Hall–Kier alpha value is -2.63. The molecule has 3 rings (SSSR count). The molecule has 6 nitrogen and oxygen atoms in total. The Balaban J connectivity index is 1.87. The van der Waals surface area contributed by atoms with Crippen molar-refractivity contribution in [1.29, 1.82) is 0 Å². The van der Waals surface area contributed by atoms with Crippen molar-refractivity contribution in [2.75, 3.05) is 5.32 Å². The number of para-hydroxylation sites is 1. The van der Waals surface area contributed by atoms with Gasteiger partial charge in [-0.2, -0.15) is 0 Å². The molecule has 1 aromatic carbocycles. The maximum Gasteiger partial charge on any atom is 0.260 e. The Morgan fingerprint density at radius 2 is 2.21 bits per heavy atom. The number of H-pyrrole nitrogens is 1. The van der Waals surface area contributed by atoms with Crippen LogP contribution in [0.4, 0.5) is 5.95 Å². The normalized spacial score (nSPS) is 10.8. The molecule has 2 aromatic heterocycles. The van der Waals surface area contributed by atoms with Crippen molar-refractivity contribution in [3.05, 3.63) is 52.1 Å². The van der Waals surface area contributed by atoms with Gasteiger partial charge in [0.2, 0.25) is 5.95 Å². The summed E-state index contributed by atoms with van der Waals surface area (Å²) >= 11 is 0. The lowest BCUT2D eigenvalue weighted by Gasteiger charge is -2.04. The molecule has 0 saturated carbocycles. The van der Waals surface area contributed by atoms with Crippen LogP contribution in [0, 0.1) is 6.92 Å². The van der Waals surface area contributed by atoms with Crippen LogP contribution in [-0.2, 0) is 6.54 Å². The molecule has 0 spiro atoms. The summed E-state index contributed by atoms with van der Waals surface area (Å²) < 4.78 is 5.07. The Bertz CT molecular complexity index is 775. The van der Waals surface area contributed by atoms with Crippen LogP contribution in [0.1, 0.15) is 11.5 Å². The van der Waals surface area contributed by atoms with E-state index in [1.54, 1.807) is 12.1 Å². The number of hydrogen-bond donors (Lipinski definition) is 2. The number of anilines is 1. The first-order valence-electron chi connectivity index (χ1n) is 5.87. The summed E-state index contributed by atoms with van der Waals surface area (Å²) in [6, 6.07) is 9.02.